The summed E-state index contributed by atoms with van der Waals surface area (Å²) < 4.78 is 11.6. The Kier molecular flexibility index (Phi) is 6.17. The largest absolute Gasteiger partial charge is 0.462 e. The highest BCUT2D eigenvalue weighted by Crippen LogP contribution is 2.34. The van der Waals surface area contributed by atoms with Crippen LogP contribution in [0.25, 0.3) is 5.78 Å². The predicted octanol–water partition coefficient (Wildman–Crippen LogP) is 2.49. The van der Waals surface area contributed by atoms with Gasteiger partial charge < -0.3 is 14.8 Å². The molecule has 29 heavy (non-hydrogen) atoms. The van der Waals surface area contributed by atoms with Crippen molar-refractivity contribution in [2.45, 2.75) is 27.2 Å². The zero-order chi connectivity index (χ0) is 21.0. The number of anilines is 1. The molecule has 3 aromatic heterocycles. The van der Waals surface area contributed by atoms with Crippen molar-refractivity contribution >= 4 is 40.0 Å². The molecule has 11 heteroatoms. The molecular formula is C18H19N5O5S. The number of nitrogens with one attached hydrogen (secondary N) is 1. The summed E-state index contributed by atoms with van der Waals surface area (Å²) in [7, 11) is 0. The van der Waals surface area contributed by atoms with E-state index in [2.05, 4.69) is 20.4 Å². The zero-order valence-electron chi connectivity index (χ0n) is 16.1. The molecule has 0 aliphatic rings. The fourth-order valence-electron chi connectivity index (χ4n) is 2.49. The maximum absolute atomic E-state index is 12.6. The minimum Gasteiger partial charge on any atom is -0.462 e. The van der Waals surface area contributed by atoms with Crippen LogP contribution in [0, 0.1) is 6.92 Å². The average Bonchev–Trinajstić information content (AvgIpc) is 3.27. The quantitative estimate of drug-likeness (QED) is 0.581. The first-order valence-electron chi connectivity index (χ1n) is 8.92. The lowest BCUT2D eigenvalue weighted by Crippen LogP contribution is -2.16. The van der Waals surface area contributed by atoms with Gasteiger partial charge in [-0.05, 0) is 31.9 Å². The number of thiophene rings is 1. The van der Waals surface area contributed by atoms with Crippen molar-refractivity contribution < 1.29 is 23.9 Å². The molecule has 0 radical (unpaired) electrons. The van der Waals surface area contributed by atoms with E-state index in [4.69, 9.17) is 9.47 Å². The molecule has 0 saturated carbocycles. The number of amides is 1. The molecule has 0 bridgehead atoms. The van der Waals surface area contributed by atoms with Gasteiger partial charge in [0.15, 0.2) is 0 Å². The molecular weight excluding hydrogens is 398 g/mol. The number of nitrogens with zero attached hydrogens (tertiary/aromatic N) is 4. The number of ether oxygens (including phenoxy) is 2. The minimum atomic E-state index is -0.642. The van der Waals surface area contributed by atoms with Crippen molar-refractivity contribution in [1.29, 1.82) is 0 Å². The third-order valence-electron chi connectivity index (χ3n) is 3.80. The normalized spacial score (nSPS) is 10.7. The van der Waals surface area contributed by atoms with Gasteiger partial charge in [0.05, 0.1) is 18.8 Å². The lowest BCUT2D eigenvalue weighted by molar-refractivity contribution is 0.0506. The number of hydrogen-bond acceptors (Lipinski definition) is 9. The molecule has 0 aliphatic heterocycles. The van der Waals surface area contributed by atoms with Crippen LogP contribution in [0.2, 0.25) is 0 Å². The summed E-state index contributed by atoms with van der Waals surface area (Å²) in [6.07, 6.45) is 3.77. The number of esters is 2. The minimum absolute atomic E-state index is 0.113. The van der Waals surface area contributed by atoms with E-state index in [1.54, 1.807) is 26.1 Å². The van der Waals surface area contributed by atoms with E-state index in [0.29, 0.717) is 12.0 Å². The Bertz CT molecular complexity index is 1040. The SMILES string of the molecule is CCCOC(=O)c1c(NC(=O)c2nc3ncccn3n2)sc(C(=O)OCC)c1C. The molecule has 3 heterocycles. The second kappa shape index (κ2) is 8.78. The first kappa shape index (κ1) is 20.4. The van der Waals surface area contributed by atoms with Gasteiger partial charge in [-0.25, -0.2) is 19.1 Å². The third kappa shape index (κ3) is 4.24. The Hall–Kier alpha value is -3.34. The summed E-state index contributed by atoms with van der Waals surface area (Å²) in [5, 5.41) is 6.83. The van der Waals surface area contributed by atoms with Crippen LogP contribution in [0.4, 0.5) is 5.00 Å². The Morgan fingerprint density at radius 1 is 1.21 bits per heavy atom. The van der Waals surface area contributed by atoms with Crippen LogP contribution in [0.15, 0.2) is 18.5 Å². The van der Waals surface area contributed by atoms with E-state index in [1.165, 1.54) is 10.7 Å². The van der Waals surface area contributed by atoms with Gasteiger partial charge in [-0.1, -0.05) is 6.92 Å². The third-order valence-corrected chi connectivity index (χ3v) is 4.98. The van der Waals surface area contributed by atoms with Crippen LogP contribution in [-0.4, -0.2) is 50.6 Å². The van der Waals surface area contributed by atoms with E-state index < -0.39 is 17.8 Å². The van der Waals surface area contributed by atoms with Crippen LogP contribution < -0.4 is 5.32 Å². The maximum atomic E-state index is 12.6. The van der Waals surface area contributed by atoms with E-state index in [9.17, 15) is 14.4 Å². The molecule has 152 valence electrons. The highest BCUT2D eigenvalue weighted by atomic mass is 32.1. The average molecular weight is 417 g/mol. The molecule has 0 unspecified atom stereocenters. The summed E-state index contributed by atoms with van der Waals surface area (Å²) in [5.74, 6) is -1.71. The smallest absolute Gasteiger partial charge is 0.348 e. The van der Waals surface area contributed by atoms with Crippen molar-refractivity contribution in [3.63, 3.8) is 0 Å². The Morgan fingerprint density at radius 3 is 2.69 bits per heavy atom. The first-order valence-corrected chi connectivity index (χ1v) is 9.74. The Labute approximate surface area is 169 Å². The monoisotopic (exact) mass is 417 g/mol. The van der Waals surface area contributed by atoms with E-state index in [1.807, 2.05) is 6.92 Å². The number of hydrogen-bond donors (Lipinski definition) is 1. The molecule has 0 aromatic carbocycles. The van der Waals surface area contributed by atoms with Crippen molar-refractivity contribution in [2.75, 3.05) is 18.5 Å². The van der Waals surface area contributed by atoms with Gasteiger partial charge in [0.25, 0.3) is 11.7 Å². The van der Waals surface area contributed by atoms with Gasteiger partial charge in [0.1, 0.15) is 9.88 Å². The van der Waals surface area contributed by atoms with Crippen LogP contribution >= 0.6 is 11.3 Å². The first-order chi connectivity index (χ1) is 14.0. The molecule has 0 spiro atoms. The van der Waals surface area contributed by atoms with Crippen LogP contribution in [-0.2, 0) is 9.47 Å². The van der Waals surface area contributed by atoms with Gasteiger partial charge in [-0.3, -0.25) is 4.79 Å². The molecule has 1 N–H and O–H groups in total. The molecule has 1 amide bonds. The second-order valence-corrected chi connectivity index (χ2v) is 6.89. The van der Waals surface area contributed by atoms with Crippen LogP contribution in [0.3, 0.4) is 0 Å². The van der Waals surface area contributed by atoms with Crippen LogP contribution in [0.5, 0.6) is 0 Å². The fraction of sp³-hybridized carbons (Fsp3) is 0.333. The number of carbonyl (C=O) groups excluding carboxylic acids is 3. The zero-order valence-corrected chi connectivity index (χ0v) is 16.9. The summed E-state index contributed by atoms with van der Waals surface area (Å²) in [6, 6.07) is 1.65. The van der Waals surface area contributed by atoms with Crippen LogP contribution in [0.1, 0.15) is 56.5 Å². The van der Waals surface area contributed by atoms with Gasteiger partial charge >= 0.3 is 11.9 Å². The lowest BCUT2D eigenvalue weighted by atomic mass is 10.1. The molecule has 0 atom stereocenters. The highest BCUT2D eigenvalue weighted by Gasteiger charge is 2.28. The standard InChI is InChI=1S/C18H19N5O5S/c1-4-9-28-16(25)11-10(3)12(17(26)27-5-2)29-15(11)21-14(24)13-20-18-19-7-6-8-23(18)22-13/h6-8H,4-5,9H2,1-3H3,(H,21,24). The molecule has 0 aliphatic carbocycles. The molecule has 10 nitrogen and oxygen atoms in total. The molecule has 0 fully saturated rings. The van der Waals surface area contributed by atoms with Gasteiger partial charge in [-0.15, -0.1) is 16.4 Å². The van der Waals surface area contributed by atoms with Crippen molar-refractivity contribution in [3.8, 4) is 0 Å². The van der Waals surface area contributed by atoms with E-state index in [0.717, 1.165) is 11.3 Å². The molecule has 3 rings (SSSR count). The Morgan fingerprint density at radius 2 is 2.00 bits per heavy atom. The predicted molar refractivity (Wildman–Crippen MR) is 104 cm³/mol. The second-order valence-electron chi connectivity index (χ2n) is 5.87. The summed E-state index contributed by atoms with van der Waals surface area (Å²) in [4.78, 5) is 45.7. The van der Waals surface area contributed by atoms with E-state index in [-0.39, 0.29) is 40.3 Å². The number of carbonyl (C=O) groups is 3. The molecule has 0 saturated heterocycles. The van der Waals surface area contributed by atoms with E-state index >= 15 is 0 Å². The fourth-order valence-corrected chi connectivity index (χ4v) is 3.58. The summed E-state index contributed by atoms with van der Waals surface area (Å²) >= 11 is 0.941. The lowest BCUT2D eigenvalue weighted by Gasteiger charge is -2.06. The van der Waals surface area contributed by atoms with Crippen molar-refractivity contribution in [2.24, 2.45) is 0 Å². The number of fused-ring (bicyclic) bond motifs is 1. The Balaban J connectivity index is 1.95. The van der Waals surface area contributed by atoms with Crippen molar-refractivity contribution in [1.82, 2.24) is 19.6 Å². The summed E-state index contributed by atoms with van der Waals surface area (Å²) in [6.45, 7) is 5.56. The molecule has 3 aromatic rings. The maximum Gasteiger partial charge on any atom is 0.348 e. The van der Waals surface area contributed by atoms with Crippen molar-refractivity contribution in [3.05, 3.63) is 40.3 Å². The topological polar surface area (TPSA) is 125 Å². The number of rotatable bonds is 7. The number of aromatic nitrogens is 4. The highest BCUT2D eigenvalue weighted by molar-refractivity contribution is 7.18. The van der Waals surface area contributed by atoms with Gasteiger partial charge in [-0.2, -0.15) is 4.98 Å². The van der Waals surface area contributed by atoms with Gasteiger partial charge in [0.2, 0.25) is 5.82 Å². The summed E-state index contributed by atoms with van der Waals surface area (Å²) in [5.41, 5.74) is 0.497. The van der Waals surface area contributed by atoms with Gasteiger partial charge in [0, 0.05) is 12.4 Å².